The molecule has 5 heteroatoms. The summed E-state index contributed by atoms with van der Waals surface area (Å²) in [6.07, 6.45) is -0.468. The summed E-state index contributed by atoms with van der Waals surface area (Å²) < 4.78 is 10.1. The van der Waals surface area contributed by atoms with E-state index >= 15 is 0 Å². The monoisotopic (exact) mass is 220 g/mol. The Kier molecular flexibility index (Phi) is 3.05. The fraction of sp³-hybridized carbons (Fsp3) is 0.273. The average Bonchev–Trinajstić information content (AvgIpc) is 2.69. The van der Waals surface area contributed by atoms with Gasteiger partial charge in [-0.3, -0.25) is 0 Å². The normalized spacial score (nSPS) is 10.3. The van der Waals surface area contributed by atoms with Gasteiger partial charge in [0.1, 0.15) is 5.52 Å². The summed E-state index contributed by atoms with van der Waals surface area (Å²) >= 11 is 0. The van der Waals surface area contributed by atoms with Crippen LogP contribution in [0.3, 0.4) is 0 Å². The summed E-state index contributed by atoms with van der Waals surface area (Å²) in [5.74, 6) is 0.467. The van der Waals surface area contributed by atoms with Crippen molar-refractivity contribution in [3.05, 3.63) is 30.2 Å². The Morgan fingerprint density at radius 2 is 2.31 bits per heavy atom. The summed E-state index contributed by atoms with van der Waals surface area (Å²) in [6, 6.07) is 7.44. The molecule has 0 aliphatic rings. The van der Waals surface area contributed by atoms with E-state index in [9.17, 15) is 4.79 Å². The van der Waals surface area contributed by atoms with E-state index in [0.717, 1.165) is 5.52 Å². The Balaban J connectivity index is 2.02. The summed E-state index contributed by atoms with van der Waals surface area (Å²) in [5, 5.41) is 2.54. The number of benzene rings is 1. The molecule has 0 aliphatic carbocycles. The quantitative estimate of drug-likeness (QED) is 0.860. The Hall–Kier alpha value is -2.04. The average molecular weight is 220 g/mol. The zero-order chi connectivity index (χ0) is 11.4. The van der Waals surface area contributed by atoms with Gasteiger partial charge in [0.15, 0.2) is 5.58 Å². The molecule has 0 spiro atoms. The summed E-state index contributed by atoms with van der Waals surface area (Å²) in [5.41, 5.74) is 1.49. The molecule has 1 heterocycles. The molecule has 2 aromatic rings. The van der Waals surface area contributed by atoms with Gasteiger partial charge in [-0.05, 0) is 19.1 Å². The highest BCUT2D eigenvalue weighted by Crippen LogP contribution is 2.14. The van der Waals surface area contributed by atoms with Crippen molar-refractivity contribution >= 4 is 17.2 Å². The molecule has 0 aliphatic heterocycles. The Bertz CT molecular complexity index is 460. The van der Waals surface area contributed by atoms with Gasteiger partial charge < -0.3 is 14.5 Å². The van der Waals surface area contributed by atoms with Crippen LogP contribution in [-0.4, -0.2) is 17.7 Å². The summed E-state index contributed by atoms with van der Waals surface area (Å²) in [7, 11) is 0. The molecule has 1 aromatic carbocycles. The molecule has 1 aromatic heterocycles. The Morgan fingerprint density at radius 3 is 3.06 bits per heavy atom. The minimum absolute atomic E-state index is 0.230. The maximum Gasteiger partial charge on any atom is 0.407 e. The van der Waals surface area contributed by atoms with Gasteiger partial charge >= 0.3 is 6.09 Å². The molecule has 5 nitrogen and oxygen atoms in total. The van der Waals surface area contributed by atoms with Crippen molar-refractivity contribution < 1.29 is 13.9 Å². The van der Waals surface area contributed by atoms with Crippen molar-refractivity contribution in [3.8, 4) is 0 Å². The van der Waals surface area contributed by atoms with Crippen LogP contribution < -0.4 is 5.32 Å². The van der Waals surface area contributed by atoms with Crippen molar-refractivity contribution in [1.82, 2.24) is 10.3 Å². The van der Waals surface area contributed by atoms with Crippen LogP contribution in [0.5, 0.6) is 0 Å². The molecular formula is C11H12N2O3. The lowest BCUT2D eigenvalue weighted by Crippen LogP contribution is -2.23. The van der Waals surface area contributed by atoms with Crippen LogP contribution in [0.2, 0.25) is 0 Å². The number of oxazole rings is 1. The molecule has 84 valence electrons. The van der Waals surface area contributed by atoms with Crippen molar-refractivity contribution in [3.63, 3.8) is 0 Å². The zero-order valence-electron chi connectivity index (χ0n) is 8.90. The van der Waals surface area contributed by atoms with Crippen molar-refractivity contribution in [2.45, 2.75) is 13.5 Å². The Morgan fingerprint density at radius 1 is 1.50 bits per heavy atom. The van der Waals surface area contributed by atoms with Crippen LogP contribution in [0, 0.1) is 0 Å². The van der Waals surface area contributed by atoms with Gasteiger partial charge in [0.05, 0.1) is 13.2 Å². The van der Waals surface area contributed by atoms with Crippen LogP contribution in [0.15, 0.2) is 28.7 Å². The van der Waals surface area contributed by atoms with Gasteiger partial charge in [0.25, 0.3) is 0 Å². The highest BCUT2D eigenvalue weighted by molar-refractivity contribution is 5.72. The highest BCUT2D eigenvalue weighted by Gasteiger charge is 2.06. The minimum atomic E-state index is -0.468. The number of nitrogens with zero attached hydrogens (tertiary/aromatic N) is 1. The zero-order valence-corrected chi connectivity index (χ0v) is 8.90. The molecule has 1 N–H and O–H groups in total. The first-order chi connectivity index (χ1) is 7.79. The highest BCUT2D eigenvalue weighted by atomic mass is 16.5. The predicted octanol–water partition coefficient (Wildman–Crippen LogP) is 2.07. The van der Waals surface area contributed by atoms with Gasteiger partial charge in [-0.15, -0.1) is 0 Å². The molecule has 0 unspecified atom stereocenters. The lowest BCUT2D eigenvalue weighted by Gasteiger charge is -2.01. The molecule has 0 bridgehead atoms. The number of carbonyl (C=O) groups is 1. The van der Waals surface area contributed by atoms with Gasteiger partial charge in [0.2, 0.25) is 5.89 Å². The second-order valence-electron chi connectivity index (χ2n) is 3.15. The van der Waals surface area contributed by atoms with Crippen LogP contribution in [-0.2, 0) is 11.3 Å². The van der Waals surface area contributed by atoms with Crippen LogP contribution in [0.1, 0.15) is 12.8 Å². The summed E-state index contributed by atoms with van der Waals surface area (Å²) in [4.78, 5) is 15.2. The van der Waals surface area contributed by atoms with E-state index in [1.807, 2.05) is 24.3 Å². The number of ether oxygens (including phenoxy) is 1. The van der Waals surface area contributed by atoms with Gasteiger partial charge in [-0.2, -0.15) is 0 Å². The standard InChI is InChI=1S/C11H12N2O3/c1-2-15-11(14)12-7-10-13-8-5-3-4-6-9(8)16-10/h3-6H,2,7H2,1H3,(H,12,14). The largest absolute Gasteiger partial charge is 0.450 e. The van der Waals surface area contributed by atoms with E-state index in [-0.39, 0.29) is 6.54 Å². The molecule has 1 amide bonds. The van der Waals surface area contributed by atoms with E-state index in [1.165, 1.54) is 0 Å². The molecule has 0 atom stereocenters. The number of para-hydroxylation sites is 2. The fourth-order valence-electron chi connectivity index (χ4n) is 1.33. The SMILES string of the molecule is CCOC(=O)NCc1nc2ccccc2o1. The number of carbonyl (C=O) groups excluding carboxylic acids is 1. The van der Waals surface area contributed by atoms with Crippen LogP contribution >= 0.6 is 0 Å². The number of alkyl carbamates (subject to hydrolysis) is 1. The molecule has 16 heavy (non-hydrogen) atoms. The first-order valence-corrected chi connectivity index (χ1v) is 5.04. The predicted molar refractivity (Wildman–Crippen MR) is 57.9 cm³/mol. The second kappa shape index (κ2) is 4.65. The first kappa shape index (κ1) is 10.5. The number of aromatic nitrogens is 1. The maximum atomic E-state index is 11.0. The number of nitrogens with one attached hydrogen (secondary N) is 1. The van der Waals surface area contributed by atoms with E-state index < -0.39 is 6.09 Å². The minimum Gasteiger partial charge on any atom is -0.450 e. The summed E-state index contributed by atoms with van der Waals surface area (Å²) in [6.45, 7) is 2.33. The third kappa shape index (κ3) is 2.31. The third-order valence-corrected chi connectivity index (χ3v) is 2.00. The lowest BCUT2D eigenvalue weighted by atomic mass is 10.3. The number of rotatable bonds is 3. The van der Waals surface area contributed by atoms with Crippen LogP contribution in [0.4, 0.5) is 4.79 Å². The lowest BCUT2D eigenvalue weighted by molar-refractivity contribution is 0.150. The number of amides is 1. The van der Waals surface area contributed by atoms with Gasteiger partial charge in [0, 0.05) is 0 Å². The van der Waals surface area contributed by atoms with Crippen molar-refractivity contribution in [2.75, 3.05) is 6.61 Å². The van der Waals surface area contributed by atoms with Crippen molar-refractivity contribution in [2.24, 2.45) is 0 Å². The van der Waals surface area contributed by atoms with E-state index in [0.29, 0.717) is 18.1 Å². The van der Waals surface area contributed by atoms with Crippen LogP contribution in [0.25, 0.3) is 11.1 Å². The fourth-order valence-corrected chi connectivity index (χ4v) is 1.33. The second-order valence-corrected chi connectivity index (χ2v) is 3.15. The van der Waals surface area contributed by atoms with Gasteiger partial charge in [-0.25, -0.2) is 9.78 Å². The molecule has 2 rings (SSSR count). The van der Waals surface area contributed by atoms with E-state index in [2.05, 4.69) is 10.3 Å². The van der Waals surface area contributed by atoms with Crippen molar-refractivity contribution in [1.29, 1.82) is 0 Å². The topological polar surface area (TPSA) is 64.4 Å². The van der Waals surface area contributed by atoms with E-state index in [1.54, 1.807) is 6.92 Å². The molecule has 0 saturated carbocycles. The first-order valence-electron chi connectivity index (χ1n) is 5.04. The molecule has 0 fully saturated rings. The number of hydrogen-bond acceptors (Lipinski definition) is 4. The maximum absolute atomic E-state index is 11.0. The molecular weight excluding hydrogens is 208 g/mol. The molecule has 0 radical (unpaired) electrons. The Labute approximate surface area is 92.4 Å². The van der Waals surface area contributed by atoms with Gasteiger partial charge in [-0.1, -0.05) is 12.1 Å². The number of fused-ring (bicyclic) bond motifs is 1. The number of hydrogen-bond donors (Lipinski definition) is 1. The molecule has 0 saturated heterocycles. The smallest absolute Gasteiger partial charge is 0.407 e. The third-order valence-electron chi connectivity index (χ3n) is 2.00. The van der Waals surface area contributed by atoms with E-state index in [4.69, 9.17) is 9.15 Å².